The topological polar surface area (TPSA) is 73.3 Å². The molecule has 0 radical (unpaired) electrons. The number of benzene rings is 1. The van der Waals surface area contributed by atoms with E-state index in [1.54, 1.807) is 7.11 Å². The predicted molar refractivity (Wildman–Crippen MR) is 76.1 cm³/mol. The van der Waals surface area contributed by atoms with E-state index in [4.69, 9.17) is 16.2 Å². The summed E-state index contributed by atoms with van der Waals surface area (Å²) < 4.78 is 5.08. The minimum Gasteiger partial charge on any atom is -0.500 e. The van der Waals surface area contributed by atoms with Gasteiger partial charge in [-0.15, -0.1) is 0 Å². The van der Waals surface area contributed by atoms with Crippen molar-refractivity contribution in [3.05, 3.63) is 42.2 Å². The number of methoxy groups -OCH3 is 1. The van der Waals surface area contributed by atoms with E-state index in [1.807, 2.05) is 18.2 Å². The molecule has 18 heavy (non-hydrogen) atoms. The summed E-state index contributed by atoms with van der Waals surface area (Å²) >= 11 is 0. The minimum atomic E-state index is -0.190. The Balaban J connectivity index is 2.21. The van der Waals surface area contributed by atoms with Crippen LogP contribution in [-0.2, 0) is 4.74 Å². The van der Waals surface area contributed by atoms with Crippen LogP contribution >= 0.6 is 0 Å². The average molecular weight is 245 g/mol. The van der Waals surface area contributed by atoms with Crippen LogP contribution in [0, 0.1) is 0 Å². The third-order valence-corrected chi connectivity index (χ3v) is 3.15. The fourth-order valence-electron chi connectivity index (χ4n) is 2.08. The first kappa shape index (κ1) is 12.5. The summed E-state index contributed by atoms with van der Waals surface area (Å²) in [6.07, 6.45) is 2.85. The number of rotatable bonds is 4. The lowest BCUT2D eigenvalue weighted by atomic mass is 9.94. The zero-order valence-corrected chi connectivity index (χ0v) is 10.6. The molecule has 0 amide bonds. The summed E-state index contributed by atoms with van der Waals surface area (Å²) in [7, 11) is 1.59. The lowest BCUT2D eigenvalue weighted by Gasteiger charge is -2.22. The van der Waals surface area contributed by atoms with Gasteiger partial charge in [-0.3, -0.25) is 0 Å². The average Bonchev–Trinajstić information content (AvgIpc) is 2.37. The smallest absolute Gasteiger partial charge is 0.105 e. The number of hydrogen-bond acceptors (Lipinski definition) is 4. The normalized spacial score (nSPS) is 15.1. The number of hydrogen-bond donors (Lipinski definition) is 3. The summed E-state index contributed by atoms with van der Waals surface area (Å²) in [6, 6.07) is 5.67. The van der Waals surface area contributed by atoms with Gasteiger partial charge in [0.25, 0.3) is 0 Å². The number of ether oxygens (including phenoxy) is 1. The Morgan fingerprint density at radius 2 is 2.33 bits per heavy atom. The van der Waals surface area contributed by atoms with Crippen molar-refractivity contribution in [3.8, 4) is 0 Å². The van der Waals surface area contributed by atoms with E-state index in [-0.39, 0.29) is 6.04 Å². The molecule has 0 aromatic heterocycles. The van der Waals surface area contributed by atoms with Crippen LogP contribution in [0.1, 0.15) is 12.0 Å². The van der Waals surface area contributed by atoms with Crippen LogP contribution < -0.4 is 16.8 Å². The van der Waals surface area contributed by atoms with E-state index in [0.29, 0.717) is 12.2 Å². The highest BCUT2D eigenvalue weighted by atomic mass is 16.5. The summed E-state index contributed by atoms with van der Waals surface area (Å²) in [5, 5.41) is 3.30. The molecule has 1 heterocycles. The molecule has 1 aliphatic rings. The molecule has 0 spiro atoms. The molecular formula is C14H19N3O. The monoisotopic (exact) mass is 245 g/mol. The van der Waals surface area contributed by atoms with Crippen molar-refractivity contribution in [2.45, 2.75) is 12.5 Å². The predicted octanol–water partition coefficient (Wildman–Crippen LogP) is 1.96. The van der Waals surface area contributed by atoms with Gasteiger partial charge in [-0.1, -0.05) is 18.7 Å². The summed E-state index contributed by atoms with van der Waals surface area (Å²) in [5.74, 6) is 0.603. The Morgan fingerprint density at radius 1 is 1.56 bits per heavy atom. The highest BCUT2D eigenvalue weighted by Gasteiger charge is 2.16. The number of nitrogens with two attached hydrogens (primary N) is 2. The lowest BCUT2D eigenvalue weighted by Crippen LogP contribution is -2.24. The van der Waals surface area contributed by atoms with Crippen LogP contribution in [0.25, 0.3) is 5.57 Å². The Hall–Kier alpha value is -1.94. The molecule has 2 rings (SSSR count). The molecular weight excluding hydrogens is 226 g/mol. The third kappa shape index (κ3) is 2.49. The van der Waals surface area contributed by atoms with Crippen LogP contribution in [0.5, 0.6) is 0 Å². The maximum absolute atomic E-state index is 6.04. The molecule has 4 heteroatoms. The van der Waals surface area contributed by atoms with Gasteiger partial charge in [0.1, 0.15) is 5.76 Å². The number of nitrogens with one attached hydrogen (secondary N) is 1. The van der Waals surface area contributed by atoms with E-state index in [0.717, 1.165) is 23.5 Å². The molecule has 0 aliphatic carbocycles. The van der Waals surface area contributed by atoms with Crippen molar-refractivity contribution in [2.75, 3.05) is 24.7 Å². The Kier molecular flexibility index (Phi) is 3.58. The van der Waals surface area contributed by atoms with Crippen molar-refractivity contribution >= 4 is 16.9 Å². The molecule has 1 aromatic carbocycles. The molecule has 1 atom stereocenters. The first-order valence-electron chi connectivity index (χ1n) is 5.93. The molecule has 1 aliphatic heterocycles. The van der Waals surface area contributed by atoms with Crippen LogP contribution in [0.3, 0.4) is 0 Å². The van der Waals surface area contributed by atoms with Crippen LogP contribution in [0.15, 0.2) is 36.6 Å². The maximum Gasteiger partial charge on any atom is 0.105 e. The summed E-state index contributed by atoms with van der Waals surface area (Å²) in [4.78, 5) is 0. The molecule has 0 fully saturated rings. The standard InChI is InChI=1S/C14H19N3O/c1-9(18-2)13(16)7-10-5-6-17-14-8-11(15)3-4-12(10)14/h3-5,8,13,17H,1,6-7,15-16H2,2H3/t13-/m0/s1. The molecule has 0 bridgehead atoms. The Labute approximate surface area is 107 Å². The third-order valence-electron chi connectivity index (χ3n) is 3.15. The Bertz CT molecular complexity index is 494. The van der Waals surface area contributed by atoms with Crippen molar-refractivity contribution in [1.82, 2.24) is 0 Å². The van der Waals surface area contributed by atoms with Gasteiger partial charge in [0.05, 0.1) is 13.2 Å². The van der Waals surface area contributed by atoms with Gasteiger partial charge < -0.3 is 21.5 Å². The van der Waals surface area contributed by atoms with Gasteiger partial charge in [0.2, 0.25) is 0 Å². The van der Waals surface area contributed by atoms with E-state index < -0.39 is 0 Å². The second kappa shape index (κ2) is 5.14. The quantitative estimate of drug-likeness (QED) is 0.560. The van der Waals surface area contributed by atoms with E-state index >= 15 is 0 Å². The molecule has 4 nitrogen and oxygen atoms in total. The Morgan fingerprint density at radius 3 is 3.06 bits per heavy atom. The molecule has 96 valence electrons. The zero-order valence-electron chi connectivity index (χ0n) is 10.6. The van der Waals surface area contributed by atoms with Gasteiger partial charge in [-0.25, -0.2) is 0 Å². The SMILES string of the molecule is C=C(OC)[C@@H](N)CC1=CCNc2cc(N)ccc21. The fourth-order valence-corrected chi connectivity index (χ4v) is 2.08. The number of fused-ring (bicyclic) bond motifs is 1. The molecule has 0 saturated carbocycles. The second-order valence-electron chi connectivity index (χ2n) is 4.40. The highest BCUT2D eigenvalue weighted by molar-refractivity contribution is 5.81. The van der Waals surface area contributed by atoms with Crippen molar-refractivity contribution in [3.63, 3.8) is 0 Å². The maximum atomic E-state index is 6.04. The van der Waals surface area contributed by atoms with Crippen LogP contribution in [-0.4, -0.2) is 19.7 Å². The fraction of sp³-hybridized carbons (Fsp3) is 0.286. The molecule has 0 unspecified atom stereocenters. The highest BCUT2D eigenvalue weighted by Crippen LogP contribution is 2.32. The molecule has 1 aromatic rings. The van der Waals surface area contributed by atoms with E-state index in [2.05, 4.69) is 18.0 Å². The van der Waals surface area contributed by atoms with E-state index in [9.17, 15) is 0 Å². The second-order valence-corrected chi connectivity index (χ2v) is 4.40. The van der Waals surface area contributed by atoms with Gasteiger partial charge in [-0.05, 0) is 24.1 Å². The number of nitrogen functional groups attached to an aromatic ring is 1. The largest absolute Gasteiger partial charge is 0.500 e. The zero-order chi connectivity index (χ0) is 13.1. The summed E-state index contributed by atoms with van der Waals surface area (Å²) in [5.41, 5.74) is 16.0. The minimum absolute atomic E-state index is 0.190. The molecule has 5 N–H and O–H groups in total. The van der Waals surface area contributed by atoms with Crippen molar-refractivity contribution in [1.29, 1.82) is 0 Å². The van der Waals surface area contributed by atoms with Crippen molar-refractivity contribution in [2.24, 2.45) is 5.73 Å². The molecule has 0 saturated heterocycles. The van der Waals surface area contributed by atoms with Crippen molar-refractivity contribution < 1.29 is 4.74 Å². The van der Waals surface area contributed by atoms with E-state index in [1.165, 1.54) is 5.57 Å². The van der Waals surface area contributed by atoms with Crippen LogP contribution in [0.4, 0.5) is 11.4 Å². The van der Waals surface area contributed by atoms with Crippen LogP contribution in [0.2, 0.25) is 0 Å². The first-order chi connectivity index (χ1) is 8.61. The van der Waals surface area contributed by atoms with Gasteiger partial charge in [-0.2, -0.15) is 0 Å². The summed E-state index contributed by atoms with van der Waals surface area (Å²) in [6.45, 7) is 4.59. The van der Waals surface area contributed by atoms with Gasteiger partial charge in [0.15, 0.2) is 0 Å². The number of anilines is 2. The first-order valence-corrected chi connectivity index (χ1v) is 5.93. The lowest BCUT2D eigenvalue weighted by molar-refractivity contribution is 0.267. The van der Waals surface area contributed by atoms with Gasteiger partial charge in [0, 0.05) is 23.5 Å². The van der Waals surface area contributed by atoms with Gasteiger partial charge >= 0.3 is 0 Å².